The molecule has 0 saturated heterocycles. The van der Waals surface area contributed by atoms with Crippen molar-refractivity contribution in [1.29, 1.82) is 0 Å². The molecule has 5 heteroatoms. The zero-order chi connectivity index (χ0) is 14.8. The van der Waals surface area contributed by atoms with Crippen LogP contribution in [0.1, 0.15) is 23.6 Å². The zero-order valence-corrected chi connectivity index (χ0v) is 12.9. The molecule has 0 spiro atoms. The lowest BCUT2D eigenvalue weighted by atomic mass is 9.99. The van der Waals surface area contributed by atoms with E-state index in [2.05, 4.69) is 15.9 Å². The Morgan fingerprint density at radius 1 is 1.05 bits per heavy atom. The topological polar surface area (TPSA) is 44.5 Å². The SMILES string of the molecule is NC(c1ccc2c(c1)OCCCO2)c1cc(F)ccc1Br. The lowest BCUT2D eigenvalue weighted by Crippen LogP contribution is -2.13. The van der Waals surface area contributed by atoms with Gasteiger partial charge in [0.1, 0.15) is 5.82 Å². The van der Waals surface area contributed by atoms with E-state index in [0.29, 0.717) is 24.5 Å². The van der Waals surface area contributed by atoms with Gasteiger partial charge >= 0.3 is 0 Å². The third kappa shape index (κ3) is 3.04. The Morgan fingerprint density at radius 2 is 1.81 bits per heavy atom. The van der Waals surface area contributed by atoms with Crippen molar-refractivity contribution >= 4 is 15.9 Å². The zero-order valence-electron chi connectivity index (χ0n) is 11.3. The van der Waals surface area contributed by atoms with E-state index in [1.54, 1.807) is 6.07 Å². The normalized spacial score (nSPS) is 15.4. The maximum atomic E-state index is 13.4. The molecule has 2 aromatic carbocycles. The first-order chi connectivity index (χ1) is 10.1. The molecule has 110 valence electrons. The number of rotatable bonds is 2. The summed E-state index contributed by atoms with van der Waals surface area (Å²) in [5.74, 6) is 1.10. The molecule has 0 amide bonds. The number of halogens is 2. The van der Waals surface area contributed by atoms with Crippen molar-refractivity contribution in [3.63, 3.8) is 0 Å². The molecule has 1 unspecified atom stereocenters. The van der Waals surface area contributed by atoms with E-state index in [1.165, 1.54) is 12.1 Å². The average Bonchev–Trinajstić information content (AvgIpc) is 2.73. The fourth-order valence-electron chi connectivity index (χ4n) is 2.31. The Bertz CT molecular complexity index is 663. The minimum atomic E-state index is -0.438. The Labute approximate surface area is 131 Å². The van der Waals surface area contributed by atoms with E-state index < -0.39 is 6.04 Å². The first-order valence-electron chi connectivity index (χ1n) is 6.75. The van der Waals surface area contributed by atoms with Crippen molar-refractivity contribution in [1.82, 2.24) is 0 Å². The molecule has 0 bridgehead atoms. The Morgan fingerprint density at radius 3 is 2.62 bits per heavy atom. The molecule has 1 atom stereocenters. The third-order valence-corrected chi connectivity index (χ3v) is 4.15. The van der Waals surface area contributed by atoms with Crippen molar-refractivity contribution in [2.75, 3.05) is 13.2 Å². The van der Waals surface area contributed by atoms with E-state index in [4.69, 9.17) is 15.2 Å². The Hall–Kier alpha value is -1.59. The van der Waals surface area contributed by atoms with Gasteiger partial charge in [0.15, 0.2) is 11.5 Å². The quantitative estimate of drug-likeness (QED) is 0.894. The number of benzene rings is 2. The highest BCUT2D eigenvalue weighted by atomic mass is 79.9. The molecule has 0 saturated carbocycles. The molecule has 1 heterocycles. The number of hydrogen-bond acceptors (Lipinski definition) is 3. The molecule has 3 nitrogen and oxygen atoms in total. The highest BCUT2D eigenvalue weighted by Gasteiger charge is 2.17. The van der Waals surface area contributed by atoms with Crippen molar-refractivity contribution in [2.24, 2.45) is 5.73 Å². The second kappa shape index (κ2) is 6.03. The molecule has 3 rings (SSSR count). The molecule has 2 N–H and O–H groups in total. The van der Waals surface area contributed by atoms with Crippen LogP contribution < -0.4 is 15.2 Å². The highest BCUT2D eigenvalue weighted by Crippen LogP contribution is 2.35. The minimum absolute atomic E-state index is 0.307. The standard InChI is InChI=1S/C16H15BrFNO2/c17-13-4-3-11(18)9-12(13)16(19)10-2-5-14-15(8-10)21-7-1-6-20-14/h2-5,8-9,16H,1,6-7,19H2. The van der Waals surface area contributed by atoms with Crippen molar-refractivity contribution < 1.29 is 13.9 Å². The Kier molecular flexibility index (Phi) is 4.12. The fourth-order valence-corrected chi connectivity index (χ4v) is 2.80. The van der Waals surface area contributed by atoms with Gasteiger partial charge in [0.25, 0.3) is 0 Å². The van der Waals surface area contributed by atoms with Gasteiger partial charge in [-0.05, 0) is 41.5 Å². The molecule has 2 aromatic rings. The van der Waals surface area contributed by atoms with Crippen LogP contribution in [-0.2, 0) is 0 Å². The van der Waals surface area contributed by atoms with Crippen molar-refractivity contribution in [3.05, 3.63) is 57.8 Å². The number of ether oxygens (including phenoxy) is 2. The van der Waals surface area contributed by atoms with Crippen LogP contribution in [0.4, 0.5) is 4.39 Å². The summed E-state index contributed by atoms with van der Waals surface area (Å²) < 4.78 is 25.5. The summed E-state index contributed by atoms with van der Waals surface area (Å²) in [5.41, 5.74) is 7.82. The number of nitrogens with two attached hydrogens (primary N) is 1. The van der Waals surface area contributed by atoms with Gasteiger partial charge in [0.05, 0.1) is 19.3 Å². The molecule has 0 radical (unpaired) electrons. The second-order valence-corrected chi connectivity index (χ2v) is 5.75. The van der Waals surface area contributed by atoms with Crippen LogP contribution in [0.2, 0.25) is 0 Å². The molecular formula is C16H15BrFNO2. The summed E-state index contributed by atoms with van der Waals surface area (Å²) in [6, 6.07) is 9.66. The summed E-state index contributed by atoms with van der Waals surface area (Å²) in [6.45, 7) is 1.27. The van der Waals surface area contributed by atoms with Gasteiger partial charge in [-0.25, -0.2) is 4.39 Å². The summed E-state index contributed by atoms with van der Waals surface area (Å²) >= 11 is 3.41. The first-order valence-corrected chi connectivity index (χ1v) is 7.54. The van der Waals surface area contributed by atoms with E-state index in [0.717, 1.165) is 22.2 Å². The van der Waals surface area contributed by atoms with Crippen LogP contribution in [0.15, 0.2) is 40.9 Å². The van der Waals surface area contributed by atoms with Gasteiger partial charge in [0, 0.05) is 10.9 Å². The van der Waals surface area contributed by atoms with Crippen molar-refractivity contribution in [2.45, 2.75) is 12.5 Å². The van der Waals surface area contributed by atoms with Crippen LogP contribution in [0.25, 0.3) is 0 Å². The molecule has 1 aliphatic heterocycles. The van der Waals surface area contributed by atoms with Gasteiger partial charge < -0.3 is 15.2 Å². The molecule has 0 aliphatic carbocycles. The van der Waals surface area contributed by atoms with Crippen LogP contribution >= 0.6 is 15.9 Å². The molecule has 0 fully saturated rings. The average molecular weight is 352 g/mol. The smallest absolute Gasteiger partial charge is 0.161 e. The minimum Gasteiger partial charge on any atom is -0.490 e. The van der Waals surface area contributed by atoms with Gasteiger partial charge in [0.2, 0.25) is 0 Å². The van der Waals surface area contributed by atoms with Gasteiger partial charge in [-0.1, -0.05) is 22.0 Å². The molecule has 1 aliphatic rings. The molecule has 0 aromatic heterocycles. The summed E-state index contributed by atoms with van der Waals surface area (Å²) in [5, 5.41) is 0. The first kappa shape index (κ1) is 14.4. The van der Waals surface area contributed by atoms with Crippen molar-refractivity contribution in [3.8, 4) is 11.5 Å². The van der Waals surface area contributed by atoms with Gasteiger partial charge in [-0.3, -0.25) is 0 Å². The highest BCUT2D eigenvalue weighted by molar-refractivity contribution is 9.10. The van der Waals surface area contributed by atoms with E-state index >= 15 is 0 Å². The molecular weight excluding hydrogens is 337 g/mol. The van der Waals surface area contributed by atoms with E-state index in [-0.39, 0.29) is 5.82 Å². The monoisotopic (exact) mass is 351 g/mol. The Balaban J connectivity index is 1.96. The van der Waals surface area contributed by atoms with E-state index in [9.17, 15) is 4.39 Å². The van der Waals surface area contributed by atoms with Gasteiger partial charge in [-0.2, -0.15) is 0 Å². The van der Waals surface area contributed by atoms with Crippen LogP contribution in [0.5, 0.6) is 11.5 Å². The summed E-state index contributed by atoms with van der Waals surface area (Å²) in [4.78, 5) is 0. The van der Waals surface area contributed by atoms with Crippen LogP contribution in [-0.4, -0.2) is 13.2 Å². The van der Waals surface area contributed by atoms with E-state index in [1.807, 2.05) is 18.2 Å². The largest absolute Gasteiger partial charge is 0.490 e. The van der Waals surface area contributed by atoms with Gasteiger partial charge in [-0.15, -0.1) is 0 Å². The maximum Gasteiger partial charge on any atom is 0.161 e. The van der Waals surface area contributed by atoms with Crippen LogP contribution in [0, 0.1) is 5.82 Å². The lowest BCUT2D eigenvalue weighted by Gasteiger charge is -2.16. The number of hydrogen-bond donors (Lipinski definition) is 1. The predicted molar refractivity (Wildman–Crippen MR) is 82.2 cm³/mol. The number of fused-ring (bicyclic) bond motifs is 1. The summed E-state index contributed by atoms with van der Waals surface area (Å²) in [6.07, 6.45) is 0.853. The molecule has 21 heavy (non-hydrogen) atoms. The fraction of sp³-hybridized carbons (Fsp3) is 0.250. The maximum absolute atomic E-state index is 13.4. The third-order valence-electron chi connectivity index (χ3n) is 3.42. The second-order valence-electron chi connectivity index (χ2n) is 4.90. The lowest BCUT2D eigenvalue weighted by molar-refractivity contribution is 0.297. The summed E-state index contributed by atoms with van der Waals surface area (Å²) in [7, 11) is 0. The van der Waals surface area contributed by atoms with Crippen LogP contribution in [0.3, 0.4) is 0 Å². The predicted octanol–water partition coefficient (Wildman–Crippen LogP) is 3.80.